The molecule has 6 heteroatoms. The lowest BCUT2D eigenvalue weighted by Crippen LogP contribution is -3.00. The number of ether oxygens (including phenoxy) is 2. The zero-order valence-electron chi connectivity index (χ0n) is 17.5. The smallest absolute Gasteiger partial charge is 0.174 e. The SMILES string of the molecule is CC[N+]1(C)CCC(O)(c2ccc(OC)cc2)C(C(=O)c2ccc(OC)cc2)C1.[I-]. The van der Waals surface area contributed by atoms with Crippen LogP contribution in [0.2, 0.25) is 0 Å². The molecular formula is C23H30INO4. The first kappa shape index (κ1) is 23.6. The van der Waals surface area contributed by atoms with E-state index in [9.17, 15) is 9.90 Å². The molecule has 0 amide bonds. The summed E-state index contributed by atoms with van der Waals surface area (Å²) in [5.41, 5.74) is 0.167. The largest absolute Gasteiger partial charge is 1.00 e. The lowest BCUT2D eigenvalue weighted by Gasteiger charge is -2.48. The van der Waals surface area contributed by atoms with E-state index in [1.165, 1.54) is 0 Å². The first-order valence-electron chi connectivity index (χ1n) is 9.74. The van der Waals surface area contributed by atoms with Crippen LogP contribution in [0.15, 0.2) is 48.5 Å². The van der Waals surface area contributed by atoms with E-state index in [0.29, 0.717) is 24.3 Å². The fraction of sp³-hybridized carbons (Fsp3) is 0.435. The highest BCUT2D eigenvalue weighted by Gasteiger charge is 2.51. The number of ketones is 1. The maximum atomic E-state index is 13.5. The molecule has 29 heavy (non-hydrogen) atoms. The van der Waals surface area contributed by atoms with Gasteiger partial charge in [-0.2, -0.15) is 0 Å². The molecule has 0 bridgehead atoms. The van der Waals surface area contributed by atoms with Crippen LogP contribution in [0.1, 0.15) is 29.3 Å². The number of Topliss-reactive ketones (excluding diaryl/α,β-unsaturated/α-hetero) is 1. The summed E-state index contributed by atoms with van der Waals surface area (Å²) in [6.07, 6.45) is 0.538. The Morgan fingerprint density at radius 2 is 1.59 bits per heavy atom. The van der Waals surface area contributed by atoms with E-state index in [1.54, 1.807) is 38.5 Å². The normalized spacial score (nSPS) is 26.3. The molecule has 0 saturated carbocycles. The van der Waals surface area contributed by atoms with Crippen molar-refractivity contribution < 1.29 is 47.8 Å². The first-order chi connectivity index (χ1) is 13.3. The number of aliphatic hydroxyl groups is 1. The number of nitrogens with zero attached hydrogens (tertiary/aromatic N) is 1. The Kier molecular flexibility index (Phi) is 7.70. The fourth-order valence-electron chi connectivity index (χ4n) is 4.07. The molecule has 3 unspecified atom stereocenters. The molecule has 158 valence electrons. The summed E-state index contributed by atoms with van der Waals surface area (Å²) in [5, 5.41) is 11.7. The molecule has 5 nitrogen and oxygen atoms in total. The Balaban J connectivity index is 0.00000300. The van der Waals surface area contributed by atoms with E-state index in [4.69, 9.17) is 9.47 Å². The predicted molar refractivity (Wildman–Crippen MR) is 109 cm³/mol. The summed E-state index contributed by atoms with van der Waals surface area (Å²) in [4.78, 5) is 13.5. The molecule has 0 spiro atoms. The van der Waals surface area contributed by atoms with Crippen LogP contribution in [0.4, 0.5) is 0 Å². The van der Waals surface area contributed by atoms with Crippen molar-refractivity contribution in [3.63, 3.8) is 0 Å². The Bertz CT molecular complexity index is 824. The Morgan fingerprint density at radius 3 is 2.07 bits per heavy atom. The first-order valence-corrected chi connectivity index (χ1v) is 9.74. The topological polar surface area (TPSA) is 55.8 Å². The zero-order chi connectivity index (χ0) is 20.4. The summed E-state index contributed by atoms with van der Waals surface area (Å²) >= 11 is 0. The second-order valence-corrected chi connectivity index (χ2v) is 7.89. The van der Waals surface area contributed by atoms with Crippen molar-refractivity contribution in [3.8, 4) is 11.5 Å². The van der Waals surface area contributed by atoms with E-state index >= 15 is 0 Å². The van der Waals surface area contributed by atoms with Gasteiger partial charge in [0.25, 0.3) is 0 Å². The molecule has 1 fully saturated rings. The van der Waals surface area contributed by atoms with Crippen molar-refractivity contribution >= 4 is 5.78 Å². The lowest BCUT2D eigenvalue weighted by atomic mass is 9.72. The average molecular weight is 511 g/mol. The second kappa shape index (κ2) is 9.45. The second-order valence-electron chi connectivity index (χ2n) is 7.89. The number of likely N-dealkylation sites (tertiary alicyclic amines) is 1. The summed E-state index contributed by atoms with van der Waals surface area (Å²) in [6.45, 7) is 4.48. The standard InChI is InChI=1S/C23H30NO4.HI/c1-5-24(2)15-14-23(26,18-8-12-20(28-4)13-9-18)21(16-24)22(25)17-6-10-19(27-3)11-7-17;/h6-13,21,26H,5,14-16H2,1-4H3;1H/q+1;/p-1. The number of benzene rings is 2. The molecule has 1 saturated heterocycles. The van der Waals surface area contributed by atoms with E-state index in [1.807, 2.05) is 24.3 Å². The van der Waals surface area contributed by atoms with Gasteiger partial charge in [-0.1, -0.05) is 12.1 Å². The van der Waals surface area contributed by atoms with Gasteiger partial charge in [0.2, 0.25) is 0 Å². The molecule has 0 aromatic heterocycles. The summed E-state index contributed by atoms with van der Waals surface area (Å²) in [7, 11) is 5.37. The number of hydrogen-bond acceptors (Lipinski definition) is 4. The number of carbonyl (C=O) groups excluding carboxylic acids is 1. The zero-order valence-corrected chi connectivity index (χ0v) is 19.7. The Labute approximate surface area is 190 Å². The maximum Gasteiger partial charge on any atom is 0.174 e. The van der Waals surface area contributed by atoms with Gasteiger partial charge in [0.05, 0.1) is 40.9 Å². The van der Waals surface area contributed by atoms with Crippen LogP contribution in [0, 0.1) is 5.92 Å². The van der Waals surface area contributed by atoms with Gasteiger partial charge >= 0.3 is 0 Å². The molecule has 1 N–H and O–H groups in total. The summed E-state index contributed by atoms with van der Waals surface area (Å²) in [6, 6.07) is 14.5. The van der Waals surface area contributed by atoms with Crippen LogP contribution in [0.25, 0.3) is 0 Å². The van der Waals surface area contributed by atoms with Crippen molar-refractivity contribution in [1.82, 2.24) is 0 Å². The van der Waals surface area contributed by atoms with Gasteiger partial charge in [0.15, 0.2) is 5.78 Å². The number of carbonyl (C=O) groups is 1. The van der Waals surface area contributed by atoms with Crippen molar-refractivity contribution in [1.29, 1.82) is 0 Å². The minimum absolute atomic E-state index is 0. The van der Waals surface area contributed by atoms with Gasteiger partial charge in [-0.3, -0.25) is 4.79 Å². The Morgan fingerprint density at radius 1 is 1.07 bits per heavy atom. The van der Waals surface area contributed by atoms with Gasteiger partial charge < -0.3 is 43.0 Å². The molecule has 3 rings (SSSR count). The van der Waals surface area contributed by atoms with Crippen molar-refractivity contribution in [3.05, 3.63) is 59.7 Å². The molecule has 2 aromatic rings. The summed E-state index contributed by atoms with van der Waals surface area (Å²) in [5.74, 6) is 0.890. The van der Waals surface area contributed by atoms with Gasteiger partial charge in [-0.05, 0) is 48.9 Å². The molecule has 1 aliphatic rings. The summed E-state index contributed by atoms with van der Waals surface area (Å²) < 4.78 is 11.2. The van der Waals surface area contributed by atoms with Crippen LogP contribution in [0.3, 0.4) is 0 Å². The average Bonchev–Trinajstić information content (AvgIpc) is 2.75. The van der Waals surface area contributed by atoms with E-state index in [0.717, 1.165) is 28.9 Å². The lowest BCUT2D eigenvalue weighted by molar-refractivity contribution is -0.917. The number of rotatable bonds is 6. The molecule has 1 aliphatic heterocycles. The van der Waals surface area contributed by atoms with Gasteiger partial charge in [0, 0.05) is 12.0 Å². The van der Waals surface area contributed by atoms with Crippen molar-refractivity contribution in [2.24, 2.45) is 5.92 Å². The monoisotopic (exact) mass is 511 g/mol. The van der Waals surface area contributed by atoms with Gasteiger partial charge in [-0.15, -0.1) is 0 Å². The number of halogens is 1. The van der Waals surface area contributed by atoms with Crippen LogP contribution >= 0.6 is 0 Å². The van der Waals surface area contributed by atoms with Crippen molar-refractivity contribution in [2.75, 3.05) is 40.9 Å². The number of hydrogen-bond donors (Lipinski definition) is 1. The third-order valence-corrected chi connectivity index (χ3v) is 6.28. The third-order valence-electron chi connectivity index (χ3n) is 6.28. The van der Waals surface area contributed by atoms with Crippen LogP contribution in [-0.4, -0.2) is 56.3 Å². The minimum atomic E-state index is -1.20. The molecule has 2 aromatic carbocycles. The Hall–Kier alpha value is -1.64. The fourth-order valence-corrected chi connectivity index (χ4v) is 4.07. The maximum absolute atomic E-state index is 13.5. The molecule has 1 heterocycles. The highest BCUT2D eigenvalue weighted by Crippen LogP contribution is 2.41. The van der Waals surface area contributed by atoms with Crippen LogP contribution in [-0.2, 0) is 5.60 Å². The van der Waals surface area contributed by atoms with Crippen LogP contribution in [0.5, 0.6) is 11.5 Å². The number of quaternary nitrogens is 1. The quantitative estimate of drug-likeness (QED) is 0.344. The van der Waals surface area contributed by atoms with E-state index < -0.39 is 11.5 Å². The van der Waals surface area contributed by atoms with E-state index in [2.05, 4.69) is 14.0 Å². The molecule has 0 radical (unpaired) electrons. The highest BCUT2D eigenvalue weighted by atomic mass is 127. The predicted octanol–water partition coefficient (Wildman–Crippen LogP) is 0.265. The minimum Gasteiger partial charge on any atom is -1.00 e. The van der Waals surface area contributed by atoms with Gasteiger partial charge in [-0.25, -0.2) is 0 Å². The molecular weight excluding hydrogens is 481 g/mol. The highest BCUT2D eigenvalue weighted by molar-refractivity contribution is 5.99. The number of methoxy groups -OCH3 is 2. The van der Waals surface area contributed by atoms with E-state index in [-0.39, 0.29) is 29.8 Å². The van der Waals surface area contributed by atoms with Crippen molar-refractivity contribution in [2.45, 2.75) is 18.9 Å². The van der Waals surface area contributed by atoms with Crippen LogP contribution < -0.4 is 33.5 Å². The number of piperidine rings is 1. The third kappa shape index (κ3) is 4.75. The van der Waals surface area contributed by atoms with Gasteiger partial charge in [0.1, 0.15) is 23.0 Å². The molecule has 0 aliphatic carbocycles. The molecule has 3 atom stereocenters.